The van der Waals surface area contributed by atoms with Crippen molar-refractivity contribution in [2.24, 2.45) is 0 Å². The largest absolute Gasteiger partial charge is 0.351 e. The molecule has 106 valence electrons. The van der Waals surface area contributed by atoms with E-state index in [4.69, 9.17) is 0 Å². The number of benzene rings is 2. The number of carbonyl (C=O) groups excluding carboxylic acids is 1. The summed E-state index contributed by atoms with van der Waals surface area (Å²) in [6.07, 6.45) is 0. The lowest BCUT2D eigenvalue weighted by Crippen LogP contribution is -2.14. The number of anilines is 1. The van der Waals surface area contributed by atoms with Crippen LogP contribution in [0, 0.1) is 19.7 Å². The molecule has 1 amide bonds. The first-order valence-electron chi connectivity index (χ1n) is 6.70. The molecule has 21 heavy (non-hydrogen) atoms. The average Bonchev–Trinajstić information content (AvgIpc) is 2.86. The highest BCUT2D eigenvalue weighted by atomic mass is 19.1. The van der Waals surface area contributed by atoms with Gasteiger partial charge in [0.25, 0.3) is 5.91 Å². The average molecular weight is 282 g/mol. The Bertz CT molecular complexity index is 816. The van der Waals surface area contributed by atoms with Crippen LogP contribution in [0.2, 0.25) is 0 Å². The molecule has 0 aliphatic heterocycles. The third kappa shape index (κ3) is 2.52. The minimum atomic E-state index is -0.316. The Morgan fingerprint density at radius 2 is 1.81 bits per heavy atom. The van der Waals surface area contributed by atoms with E-state index in [0.29, 0.717) is 11.1 Å². The molecule has 0 saturated carbocycles. The van der Waals surface area contributed by atoms with Crippen LogP contribution in [-0.4, -0.2) is 10.9 Å². The van der Waals surface area contributed by atoms with E-state index in [1.54, 1.807) is 12.1 Å². The maximum Gasteiger partial charge on any atom is 0.272 e. The summed E-state index contributed by atoms with van der Waals surface area (Å²) in [4.78, 5) is 15.3. The van der Waals surface area contributed by atoms with Gasteiger partial charge in [-0.25, -0.2) is 4.39 Å². The van der Waals surface area contributed by atoms with Crippen molar-refractivity contribution in [3.63, 3.8) is 0 Å². The molecule has 3 aromatic rings. The van der Waals surface area contributed by atoms with Crippen LogP contribution in [-0.2, 0) is 0 Å². The minimum absolute atomic E-state index is 0.232. The third-order valence-electron chi connectivity index (χ3n) is 3.55. The summed E-state index contributed by atoms with van der Waals surface area (Å²) in [7, 11) is 0. The Labute approximate surface area is 121 Å². The first-order chi connectivity index (χ1) is 10.0. The molecule has 0 fully saturated rings. The van der Waals surface area contributed by atoms with Crippen molar-refractivity contribution in [1.29, 1.82) is 0 Å². The number of H-pyrrole nitrogens is 1. The van der Waals surface area contributed by atoms with Gasteiger partial charge in [-0.3, -0.25) is 4.79 Å². The summed E-state index contributed by atoms with van der Waals surface area (Å²) < 4.78 is 13.2. The first-order valence-corrected chi connectivity index (χ1v) is 6.70. The van der Waals surface area contributed by atoms with Gasteiger partial charge in [-0.15, -0.1) is 0 Å². The van der Waals surface area contributed by atoms with Crippen molar-refractivity contribution in [3.05, 3.63) is 65.1 Å². The van der Waals surface area contributed by atoms with Crippen molar-refractivity contribution in [2.75, 3.05) is 5.32 Å². The molecule has 0 aliphatic carbocycles. The fourth-order valence-corrected chi connectivity index (χ4v) is 2.42. The normalized spacial score (nSPS) is 10.8. The van der Waals surface area contributed by atoms with Gasteiger partial charge in [-0.1, -0.05) is 18.2 Å². The van der Waals surface area contributed by atoms with Gasteiger partial charge in [-0.2, -0.15) is 0 Å². The van der Waals surface area contributed by atoms with Crippen LogP contribution in [0.3, 0.4) is 0 Å². The number of carbonyl (C=O) groups is 1. The fraction of sp³-hybridized carbons (Fsp3) is 0.118. The molecular formula is C17H15FN2O. The second-order valence-corrected chi connectivity index (χ2v) is 5.14. The van der Waals surface area contributed by atoms with E-state index in [9.17, 15) is 9.18 Å². The molecule has 0 spiro atoms. The van der Waals surface area contributed by atoms with E-state index in [-0.39, 0.29) is 11.7 Å². The second-order valence-electron chi connectivity index (χ2n) is 5.14. The molecule has 0 bridgehead atoms. The molecule has 2 N–H and O–H groups in total. The SMILES string of the molecule is Cc1cccc(C)c1NC(=O)c1cc2cc(F)ccc2[nH]1. The summed E-state index contributed by atoms with van der Waals surface area (Å²) in [5.41, 5.74) is 3.98. The van der Waals surface area contributed by atoms with Crippen molar-refractivity contribution in [2.45, 2.75) is 13.8 Å². The zero-order valence-corrected chi connectivity index (χ0v) is 11.8. The highest BCUT2D eigenvalue weighted by molar-refractivity contribution is 6.06. The standard InChI is InChI=1S/C17H15FN2O/c1-10-4-3-5-11(2)16(10)20-17(21)15-9-12-8-13(18)6-7-14(12)19-15/h3-9,19H,1-2H3,(H,20,21). The van der Waals surface area contributed by atoms with E-state index in [1.807, 2.05) is 32.0 Å². The van der Waals surface area contributed by atoms with E-state index in [0.717, 1.165) is 22.3 Å². The van der Waals surface area contributed by atoms with Gasteiger partial charge in [0.15, 0.2) is 0 Å². The lowest BCUT2D eigenvalue weighted by Gasteiger charge is -2.10. The number of amides is 1. The van der Waals surface area contributed by atoms with E-state index >= 15 is 0 Å². The number of rotatable bonds is 2. The topological polar surface area (TPSA) is 44.9 Å². The molecule has 0 saturated heterocycles. The van der Waals surface area contributed by atoms with Crippen molar-refractivity contribution in [3.8, 4) is 0 Å². The number of hydrogen-bond acceptors (Lipinski definition) is 1. The molecule has 2 aromatic carbocycles. The highest BCUT2D eigenvalue weighted by Crippen LogP contribution is 2.22. The summed E-state index contributed by atoms with van der Waals surface area (Å²) in [6.45, 7) is 3.90. The van der Waals surface area contributed by atoms with Crippen LogP contribution < -0.4 is 5.32 Å². The summed E-state index contributed by atoms with van der Waals surface area (Å²) in [6, 6.07) is 11.9. The molecule has 3 rings (SSSR count). The summed E-state index contributed by atoms with van der Waals surface area (Å²) in [5, 5.41) is 3.59. The van der Waals surface area contributed by atoms with Gasteiger partial charge in [0.1, 0.15) is 11.5 Å². The molecule has 4 heteroatoms. The number of fused-ring (bicyclic) bond motifs is 1. The van der Waals surface area contributed by atoms with Gasteiger partial charge in [0.05, 0.1) is 0 Å². The Kier molecular flexibility index (Phi) is 3.22. The zero-order valence-electron chi connectivity index (χ0n) is 11.8. The number of nitrogens with one attached hydrogen (secondary N) is 2. The maximum absolute atomic E-state index is 13.2. The van der Waals surface area contributed by atoms with Gasteiger partial charge in [0, 0.05) is 16.6 Å². The van der Waals surface area contributed by atoms with Crippen LogP contribution >= 0.6 is 0 Å². The maximum atomic E-state index is 13.2. The molecule has 0 unspecified atom stereocenters. The number of aryl methyl sites for hydroxylation is 2. The first kappa shape index (κ1) is 13.4. The van der Waals surface area contributed by atoms with Crippen molar-refractivity contribution in [1.82, 2.24) is 4.98 Å². The molecule has 1 aromatic heterocycles. The van der Waals surface area contributed by atoms with E-state index < -0.39 is 0 Å². The highest BCUT2D eigenvalue weighted by Gasteiger charge is 2.12. The molecule has 3 nitrogen and oxygen atoms in total. The minimum Gasteiger partial charge on any atom is -0.351 e. The van der Waals surface area contributed by atoms with Gasteiger partial charge >= 0.3 is 0 Å². The van der Waals surface area contributed by atoms with Gasteiger partial charge in [0.2, 0.25) is 0 Å². The number of aromatic amines is 1. The van der Waals surface area contributed by atoms with Gasteiger partial charge < -0.3 is 10.3 Å². The lowest BCUT2D eigenvalue weighted by atomic mass is 10.1. The predicted molar refractivity (Wildman–Crippen MR) is 82.1 cm³/mol. The molecule has 0 atom stereocenters. The molecule has 0 radical (unpaired) electrons. The number of halogens is 1. The smallest absolute Gasteiger partial charge is 0.272 e. The predicted octanol–water partition coefficient (Wildman–Crippen LogP) is 4.18. The number of aromatic nitrogens is 1. The van der Waals surface area contributed by atoms with Crippen LogP contribution in [0.25, 0.3) is 10.9 Å². The lowest BCUT2D eigenvalue weighted by molar-refractivity contribution is 0.102. The number of hydrogen-bond donors (Lipinski definition) is 2. The molecule has 1 heterocycles. The fourth-order valence-electron chi connectivity index (χ4n) is 2.42. The Hall–Kier alpha value is -2.62. The molecule has 0 aliphatic rings. The van der Waals surface area contributed by atoms with E-state index in [1.165, 1.54) is 12.1 Å². The van der Waals surface area contributed by atoms with Crippen LogP contribution in [0.1, 0.15) is 21.6 Å². The van der Waals surface area contributed by atoms with Gasteiger partial charge in [-0.05, 0) is 49.2 Å². The van der Waals surface area contributed by atoms with Crippen molar-refractivity contribution >= 4 is 22.5 Å². The Morgan fingerprint density at radius 1 is 1.10 bits per heavy atom. The van der Waals surface area contributed by atoms with Crippen molar-refractivity contribution < 1.29 is 9.18 Å². The quantitative estimate of drug-likeness (QED) is 0.727. The summed E-state index contributed by atoms with van der Waals surface area (Å²) in [5.74, 6) is -0.549. The second kappa shape index (κ2) is 5.05. The monoisotopic (exact) mass is 282 g/mol. The van der Waals surface area contributed by atoms with Crippen LogP contribution in [0.15, 0.2) is 42.5 Å². The molecular weight excluding hydrogens is 267 g/mol. The van der Waals surface area contributed by atoms with Crippen LogP contribution in [0.5, 0.6) is 0 Å². The number of para-hydroxylation sites is 1. The third-order valence-corrected chi connectivity index (χ3v) is 3.55. The summed E-state index contributed by atoms with van der Waals surface area (Å²) >= 11 is 0. The van der Waals surface area contributed by atoms with Crippen LogP contribution in [0.4, 0.5) is 10.1 Å². The van der Waals surface area contributed by atoms with E-state index in [2.05, 4.69) is 10.3 Å². The zero-order chi connectivity index (χ0) is 15.0. The Balaban J connectivity index is 1.94. The Morgan fingerprint density at radius 3 is 2.52 bits per heavy atom.